The SMILES string of the molecule is Cl.Cn1c(-c2ccc(/C=C/C(=O)O)cc2)nc2c(N)nc(C#CC3(O)CCCCC3)nc21. The average Bonchev–Trinajstić information content (AvgIpc) is 3.09. The number of benzene rings is 1. The zero-order valence-electron chi connectivity index (χ0n) is 17.6. The maximum absolute atomic E-state index is 10.7. The van der Waals surface area contributed by atoms with Crippen molar-refractivity contribution in [2.45, 2.75) is 37.7 Å². The number of hydrogen-bond donors (Lipinski definition) is 3. The number of anilines is 1. The lowest BCUT2D eigenvalue weighted by molar-refractivity contribution is -0.131. The van der Waals surface area contributed by atoms with Crippen molar-refractivity contribution in [1.82, 2.24) is 19.5 Å². The van der Waals surface area contributed by atoms with E-state index in [9.17, 15) is 9.90 Å². The van der Waals surface area contributed by atoms with Crippen molar-refractivity contribution in [3.8, 4) is 23.2 Å². The molecule has 0 unspecified atom stereocenters. The summed E-state index contributed by atoms with van der Waals surface area (Å²) in [5.74, 6) is 5.98. The van der Waals surface area contributed by atoms with Gasteiger partial charge in [0.2, 0.25) is 5.82 Å². The maximum atomic E-state index is 10.7. The minimum absolute atomic E-state index is 0. The van der Waals surface area contributed by atoms with Crippen LogP contribution in [0.15, 0.2) is 30.3 Å². The summed E-state index contributed by atoms with van der Waals surface area (Å²) in [6, 6.07) is 7.33. The van der Waals surface area contributed by atoms with Crippen LogP contribution in [0, 0.1) is 11.8 Å². The van der Waals surface area contributed by atoms with E-state index in [-0.39, 0.29) is 24.0 Å². The van der Waals surface area contributed by atoms with E-state index in [2.05, 4.69) is 26.8 Å². The second kappa shape index (κ2) is 9.39. The molecule has 0 atom stereocenters. The van der Waals surface area contributed by atoms with E-state index in [1.807, 2.05) is 35.9 Å². The van der Waals surface area contributed by atoms with Gasteiger partial charge in [0.15, 0.2) is 17.0 Å². The predicted octanol–water partition coefficient (Wildman–Crippen LogP) is 3.18. The molecule has 1 aliphatic rings. The Balaban J connectivity index is 0.00000289. The lowest BCUT2D eigenvalue weighted by Gasteiger charge is -2.26. The molecule has 1 aliphatic carbocycles. The summed E-state index contributed by atoms with van der Waals surface area (Å²) in [6.07, 6.45) is 6.97. The number of rotatable bonds is 3. The second-order valence-corrected chi connectivity index (χ2v) is 7.73. The van der Waals surface area contributed by atoms with Crippen LogP contribution in [-0.2, 0) is 11.8 Å². The molecule has 4 rings (SSSR count). The third-order valence-corrected chi connectivity index (χ3v) is 5.42. The summed E-state index contributed by atoms with van der Waals surface area (Å²) in [5, 5.41) is 19.3. The highest BCUT2D eigenvalue weighted by Crippen LogP contribution is 2.28. The Bertz CT molecular complexity index is 1230. The number of carboxylic acid groups (broad SMARTS) is 1. The van der Waals surface area contributed by atoms with Gasteiger partial charge in [0.25, 0.3) is 0 Å². The molecule has 9 heteroatoms. The third-order valence-electron chi connectivity index (χ3n) is 5.42. The van der Waals surface area contributed by atoms with Crippen molar-refractivity contribution >= 4 is 41.4 Å². The van der Waals surface area contributed by atoms with E-state index in [0.29, 0.717) is 29.8 Å². The van der Waals surface area contributed by atoms with Gasteiger partial charge in [0, 0.05) is 18.7 Å². The van der Waals surface area contributed by atoms with Gasteiger partial charge in [-0.2, -0.15) is 0 Å². The first kappa shape index (κ1) is 23.3. The van der Waals surface area contributed by atoms with Gasteiger partial charge in [-0.15, -0.1) is 12.4 Å². The molecule has 0 radical (unpaired) electrons. The molecule has 2 heterocycles. The summed E-state index contributed by atoms with van der Waals surface area (Å²) < 4.78 is 1.82. The van der Waals surface area contributed by atoms with Crippen molar-refractivity contribution in [2.24, 2.45) is 7.05 Å². The number of aryl methyl sites for hydroxylation is 1. The van der Waals surface area contributed by atoms with E-state index >= 15 is 0 Å². The molecule has 8 nitrogen and oxygen atoms in total. The van der Waals surface area contributed by atoms with Gasteiger partial charge >= 0.3 is 5.97 Å². The van der Waals surface area contributed by atoms with Gasteiger partial charge in [0.05, 0.1) is 0 Å². The molecule has 166 valence electrons. The van der Waals surface area contributed by atoms with Gasteiger partial charge in [-0.1, -0.05) is 36.6 Å². The Morgan fingerprint density at radius 3 is 2.50 bits per heavy atom. The fourth-order valence-electron chi connectivity index (χ4n) is 3.74. The number of nitrogens with zero attached hydrogens (tertiary/aromatic N) is 4. The van der Waals surface area contributed by atoms with Crippen molar-refractivity contribution in [1.29, 1.82) is 0 Å². The predicted molar refractivity (Wildman–Crippen MR) is 125 cm³/mol. The van der Waals surface area contributed by atoms with Gasteiger partial charge in [-0.05, 0) is 43.2 Å². The van der Waals surface area contributed by atoms with Crippen LogP contribution in [0.5, 0.6) is 0 Å². The molecule has 4 N–H and O–H groups in total. The van der Waals surface area contributed by atoms with Crippen LogP contribution in [0.4, 0.5) is 5.82 Å². The lowest BCUT2D eigenvalue weighted by Crippen LogP contribution is -2.29. The number of aliphatic carboxylic acids is 1. The van der Waals surface area contributed by atoms with Crippen LogP contribution < -0.4 is 5.73 Å². The normalized spacial score (nSPS) is 15.2. The number of nitrogens with two attached hydrogens (primary N) is 1. The third kappa shape index (κ3) is 4.90. The van der Waals surface area contributed by atoms with Crippen LogP contribution >= 0.6 is 12.4 Å². The van der Waals surface area contributed by atoms with E-state index in [0.717, 1.165) is 36.5 Å². The Morgan fingerprint density at radius 1 is 1.16 bits per heavy atom. The second-order valence-electron chi connectivity index (χ2n) is 7.73. The number of hydrogen-bond acceptors (Lipinski definition) is 6. The monoisotopic (exact) mass is 453 g/mol. The number of imidazole rings is 1. The molecule has 1 saturated carbocycles. The van der Waals surface area contributed by atoms with E-state index in [1.165, 1.54) is 6.08 Å². The highest BCUT2D eigenvalue weighted by Gasteiger charge is 2.26. The zero-order valence-corrected chi connectivity index (χ0v) is 18.4. The number of nitrogen functional groups attached to an aromatic ring is 1. The van der Waals surface area contributed by atoms with Gasteiger partial charge < -0.3 is 20.5 Å². The van der Waals surface area contributed by atoms with E-state index in [1.54, 1.807) is 0 Å². The fraction of sp³-hybridized carbons (Fsp3) is 0.304. The zero-order chi connectivity index (χ0) is 22.0. The minimum atomic E-state index is -0.997. The number of aliphatic hydroxyl groups is 1. The standard InChI is InChI=1S/C23H23N5O3.ClH/c1-28-21(16-8-5-15(6-9-16)7-10-18(29)30)27-19-20(24)25-17(26-22(19)28)11-14-23(31)12-3-2-4-13-23;/h5-10,31H,2-4,12-13H2,1H3,(H,29,30)(H2,24,25,26);1H/b10-7+;. The average molecular weight is 454 g/mol. The molecule has 1 fully saturated rings. The Hall–Kier alpha value is -3.41. The van der Waals surface area contributed by atoms with Crippen LogP contribution in [0.1, 0.15) is 43.5 Å². The maximum Gasteiger partial charge on any atom is 0.328 e. The van der Waals surface area contributed by atoms with Crippen molar-refractivity contribution in [3.63, 3.8) is 0 Å². The Morgan fingerprint density at radius 2 is 1.84 bits per heavy atom. The highest BCUT2D eigenvalue weighted by atomic mass is 35.5. The quantitative estimate of drug-likeness (QED) is 0.410. The first-order chi connectivity index (χ1) is 14.8. The summed E-state index contributed by atoms with van der Waals surface area (Å²) in [5.41, 5.74) is 7.77. The molecule has 0 amide bonds. The molecule has 0 aliphatic heterocycles. The fourth-order valence-corrected chi connectivity index (χ4v) is 3.74. The number of fused-ring (bicyclic) bond motifs is 1. The van der Waals surface area contributed by atoms with Gasteiger partial charge in [0.1, 0.15) is 11.4 Å². The molecule has 0 saturated heterocycles. The topological polar surface area (TPSA) is 127 Å². The molecule has 0 bridgehead atoms. The van der Waals surface area contributed by atoms with Crippen LogP contribution in [0.2, 0.25) is 0 Å². The van der Waals surface area contributed by atoms with Crippen LogP contribution in [0.25, 0.3) is 28.6 Å². The van der Waals surface area contributed by atoms with Crippen molar-refractivity contribution in [2.75, 3.05) is 5.73 Å². The highest BCUT2D eigenvalue weighted by molar-refractivity contribution is 5.87. The van der Waals surface area contributed by atoms with Crippen molar-refractivity contribution in [3.05, 3.63) is 41.7 Å². The number of carbonyl (C=O) groups is 1. The summed E-state index contributed by atoms with van der Waals surface area (Å²) in [7, 11) is 1.83. The molecule has 32 heavy (non-hydrogen) atoms. The number of aromatic nitrogens is 4. The van der Waals surface area contributed by atoms with E-state index in [4.69, 9.17) is 10.8 Å². The first-order valence-electron chi connectivity index (χ1n) is 10.1. The smallest absolute Gasteiger partial charge is 0.328 e. The summed E-state index contributed by atoms with van der Waals surface area (Å²) >= 11 is 0. The lowest BCUT2D eigenvalue weighted by atomic mass is 9.85. The number of carboxylic acids is 1. The molecule has 3 aromatic rings. The number of halogens is 1. The Kier molecular flexibility index (Phi) is 6.82. The molecule has 1 aromatic carbocycles. The van der Waals surface area contributed by atoms with Gasteiger partial charge in [-0.25, -0.2) is 19.7 Å². The minimum Gasteiger partial charge on any atom is -0.478 e. The Labute approximate surface area is 191 Å². The van der Waals surface area contributed by atoms with Crippen LogP contribution in [-0.4, -0.2) is 41.3 Å². The largest absolute Gasteiger partial charge is 0.478 e. The molecular formula is C23H24ClN5O3. The summed E-state index contributed by atoms with van der Waals surface area (Å²) in [4.78, 5) is 24.0. The molecule has 2 aromatic heterocycles. The summed E-state index contributed by atoms with van der Waals surface area (Å²) in [6.45, 7) is 0. The van der Waals surface area contributed by atoms with E-state index < -0.39 is 11.6 Å². The first-order valence-corrected chi connectivity index (χ1v) is 10.1. The van der Waals surface area contributed by atoms with Crippen LogP contribution in [0.3, 0.4) is 0 Å². The van der Waals surface area contributed by atoms with Gasteiger partial charge in [-0.3, -0.25) is 0 Å². The molecular weight excluding hydrogens is 430 g/mol. The molecule has 0 spiro atoms. The van der Waals surface area contributed by atoms with Crippen molar-refractivity contribution < 1.29 is 15.0 Å².